The van der Waals surface area contributed by atoms with Crippen LogP contribution in [0.15, 0.2) is 4.99 Å². The molecule has 0 aromatic rings. The Bertz CT molecular complexity index is 71.2. The van der Waals surface area contributed by atoms with Crippen LogP contribution >= 0.6 is 0 Å². The summed E-state index contributed by atoms with van der Waals surface area (Å²) in [5.41, 5.74) is 5.06. The van der Waals surface area contributed by atoms with Crippen LogP contribution in [0.3, 0.4) is 0 Å². The monoisotopic (exact) mass is 72.1 g/mol. The van der Waals surface area contributed by atoms with E-state index in [4.69, 9.17) is 1.37 Å². The predicted molar refractivity (Wildman–Crippen MR) is 19.6 cm³/mol. The van der Waals surface area contributed by atoms with Crippen LogP contribution in [0.2, 0.25) is 0 Å². The van der Waals surface area contributed by atoms with E-state index >= 15 is 0 Å². The largest absolute Gasteiger partial charge is 0.310 e. The van der Waals surface area contributed by atoms with Crippen molar-refractivity contribution in [1.29, 1.82) is 0 Å². The summed E-state index contributed by atoms with van der Waals surface area (Å²) >= 11 is 0. The average molecular weight is 72.1 g/mol. The second-order valence-electron chi connectivity index (χ2n) is 0.696. The third-order valence-electron chi connectivity index (χ3n) is 0.362. The molecule has 28 valence electrons. The molecule has 2 N–H and O–H groups in total. The van der Waals surface area contributed by atoms with Crippen molar-refractivity contribution in [3.63, 3.8) is 0 Å². The van der Waals surface area contributed by atoms with Crippen molar-refractivity contribution in [2.75, 3.05) is 6.64 Å². The number of nitrogens with zero attached hydrogens (tertiary/aromatic N) is 1. The lowest BCUT2D eigenvalue weighted by atomic mass is 11.2. The van der Waals surface area contributed by atoms with Crippen molar-refractivity contribution < 1.29 is 1.37 Å². The minimum absolute atomic E-state index is 0.495. The van der Waals surface area contributed by atoms with Gasteiger partial charge in [-0.2, -0.15) is 0 Å². The molecule has 0 radical (unpaired) electrons. The van der Waals surface area contributed by atoms with Gasteiger partial charge in [-0.1, -0.05) is 0 Å². The molecule has 3 heteroatoms. The molecule has 1 atom stereocenters. The fraction of sp³-hybridized carbons (Fsp3) is 0.500. The van der Waals surface area contributed by atoms with Gasteiger partial charge < -0.3 is 5.43 Å². The Morgan fingerprint density at radius 3 is 3.40 bits per heavy atom. The lowest BCUT2D eigenvalue weighted by Gasteiger charge is -1.80. The van der Waals surface area contributed by atoms with Gasteiger partial charge in [-0.3, -0.25) is 4.99 Å². The van der Waals surface area contributed by atoms with Gasteiger partial charge in [-0.05, 0) is 0 Å². The van der Waals surface area contributed by atoms with Crippen molar-refractivity contribution in [2.24, 2.45) is 4.99 Å². The first-order chi connectivity index (χ1) is 2.89. The number of hydrogen-bond donors (Lipinski definition) is 2. The molecule has 0 saturated carbocycles. The number of aliphatic imine (C=N–C) groups is 1. The quantitative estimate of drug-likeness (QED) is 0.388. The molecule has 1 rings (SSSR count). The first-order valence-electron chi connectivity index (χ1n) is 1.92. The number of hydrazine groups is 1. The lowest BCUT2D eigenvalue weighted by molar-refractivity contribution is 0.731. The standard InChI is InChI=1S/C2H5N3/c1-3-2-5-4-1/h1,5H,2H2,(H,3,4)/i2D. The molecule has 0 fully saturated rings. The van der Waals surface area contributed by atoms with Gasteiger partial charge in [0.05, 0.1) is 7.71 Å². The maximum Gasteiger partial charge on any atom is 0.107 e. The minimum Gasteiger partial charge on any atom is -0.310 e. The van der Waals surface area contributed by atoms with Gasteiger partial charge in [0.1, 0.15) is 6.64 Å². The van der Waals surface area contributed by atoms with E-state index in [1.54, 1.807) is 0 Å². The van der Waals surface area contributed by atoms with Crippen LogP contribution in [0.1, 0.15) is 1.37 Å². The van der Waals surface area contributed by atoms with E-state index < -0.39 is 6.64 Å². The van der Waals surface area contributed by atoms with Crippen LogP contribution in [0.4, 0.5) is 0 Å². The molecule has 0 aromatic heterocycles. The number of nitrogens with one attached hydrogen (secondary N) is 2. The molecule has 0 bridgehead atoms. The lowest BCUT2D eigenvalue weighted by Crippen LogP contribution is -2.22. The van der Waals surface area contributed by atoms with E-state index in [0.717, 1.165) is 0 Å². The fourth-order valence-electron chi connectivity index (χ4n) is 0.186. The first kappa shape index (κ1) is 1.77. The predicted octanol–water partition coefficient (Wildman–Crippen LogP) is -0.920. The highest BCUT2D eigenvalue weighted by Crippen LogP contribution is 1.59. The van der Waals surface area contributed by atoms with Crippen molar-refractivity contribution in [1.82, 2.24) is 10.9 Å². The molecule has 5 heavy (non-hydrogen) atoms. The van der Waals surface area contributed by atoms with Crippen LogP contribution < -0.4 is 10.9 Å². The molecule has 1 heterocycles. The van der Waals surface area contributed by atoms with Crippen molar-refractivity contribution in [3.05, 3.63) is 0 Å². The summed E-state index contributed by atoms with van der Waals surface area (Å²) in [4.78, 5) is 3.56. The van der Waals surface area contributed by atoms with E-state index in [1.807, 2.05) is 0 Å². The van der Waals surface area contributed by atoms with Gasteiger partial charge in [0.25, 0.3) is 0 Å². The van der Waals surface area contributed by atoms with Crippen LogP contribution in [0, 0.1) is 0 Å². The van der Waals surface area contributed by atoms with Gasteiger partial charge in [0.15, 0.2) is 0 Å². The third kappa shape index (κ3) is 0.357. The van der Waals surface area contributed by atoms with Crippen molar-refractivity contribution in [2.45, 2.75) is 0 Å². The molecule has 0 aromatic carbocycles. The zero-order chi connectivity index (χ0) is 4.41. The van der Waals surface area contributed by atoms with Crippen LogP contribution in [0.25, 0.3) is 0 Å². The zero-order valence-corrected chi connectivity index (χ0v) is 2.60. The fourth-order valence-corrected chi connectivity index (χ4v) is 0.186. The number of hydrogen-bond acceptors (Lipinski definition) is 3. The Morgan fingerprint density at radius 2 is 3.20 bits per heavy atom. The van der Waals surface area contributed by atoms with Gasteiger partial charge in [0.2, 0.25) is 0 Å². The summed E-state index contributed by atoms with van der Waals surface area (Å²) in [5.74, 6) is 0. The second kappa shape index (κ2) is 1.03. The van der Waals surface area contributed by atoms with Gasteiger partial charge in [-0.25, -0.2) is 5.43 Å². The molecule has 1 unspecified atom stereocenters. The molecule has 0 saturated heterocycles. The summed E-state index contributed by atoms with van der Waals surface area (Å²) in [6, 6.07) is 0. The Kier molecular flexibility index (Phi) is 0.365. The Labute approximate surface area is 31.5 Å². The molecular formula is C2H5N3. The average Bonchev–Trinajstić information content (AvgIpc) is 1.86. The van der Waals surface area contributed by atoms with Gasteiger partial charge >= 0.3 is 0 Å². The highest BCUT2D eigenvalue weighted by molar-refractivity contribution is 5.54. The van der Waals surface area contributed by atoms with E-state index in [1.165, 1.54) is 6.34 Å². The molecule has 1 aliphatic heterocycles. The van der Waals surface area contributed by atoms with Gasteiger partial charge in [-0.15, -0.1) is 0 Å². The molecule has 0 amide bonds. The maximum atomic E-state index is 6.76. The Morgan fingerprint density at radius 1 is 2.20 bits per heavy atom. The highest BCUT2D eigenvalue weighted by atomic mass is 15.4. The Hall–Kier alpha value is -0.570. The second-order valence-corrected chi connectivity index (χ2v) is 0.696. The summed E-state index contributed by atoms with van der Waals surface area (Å²) in [5, 5.41) is 0. The number of rotatable bonds is 0. The highest BCUT2D eigenvalue weighted by Gasteiger charge is 1.79. The maximum absolute atomic E-state index is 6.76. The normalized spacial score (nSPS) is 36.8. The van der Waals surface area contributed by atoms with Crippen molar-refractivity contribution in [3.8, 4) is 0 Å². The summed E-state index contributed by atoms with van der Waals surface area (Å²) in [6.07, 6.45) is 1.46. The topological polar surface area (TPSA) is 36.4 Å². The SMILES string of the molecule is [2H]C1N=CNN1. The van der Waals surface area contributed by atoms with Crippen LogP contribution in [-0.2, 0) is 0 Å². The van der Waals surface area contributed by atoms with E-state index in [2.05, 4.69) is 15.8 Å². The van der Waals surface area contributed by atoms with Crippen LogP contribution in [0.5, 0.6) is 0 Å². The molecule has 1 aliphatic rings. The molecular weight excluding hydrogens is 66.0 g/mol. The van der Waals surface area contributed by atoms with Crippen LogP contribution in [-0.4, -0.2) is 13.0 Å². The zero-order valence-electron chi connectivity index (χ0n) is 3.60. The smallest absolute Gasteiger partial charge is 0.107 e. The summed E-state index contributed by atoms with van der Waals surface area (Å²) < 4.78 is 6.76. The first-order valence-corrected chi connectivity index (χ1v) is 1.34. The van der Waals surface area contributed by atoms with E-state index in [0.29, 0.717) is 0 Å². The minimum atomic E-state index is -0.495. The molecule has 0 aliphatic carbocycles. The van der Waals surface area contributed by atoms with E-state index in [-0.39, 0.29) is 0 Å². The van der Waals surface area contributed by atoms with Gasteiger partial charge in [0, 0.05) is 0 Å². The summed E-state index contributed by atoms with van der Waals surface area (Å²) in [7, 11) is 0. The Balaban J connectivity index is 2.38. The summed E-state index contributed by atoms with van der Waals surface area (Å²) in [6.45, 7) is -0.495. The molecule has 3 nitrogen and oxygen atoms in total. The van der Waals surface area contributed by atoms with Crippen molar-refractivity contribution >= 4 is 6.34 Å². The molecule has 0 spiro atoms. The van der Waals surface area contributed by atoms with E-state index in [9.17, 15) is 0 Å². The third-order valence-corrected chi connectivity index (χ3v) is 0.362.